The van der Waals surface area contributed by atoms with Crippen LogP contribution in [-0.2, 0) is 13.0 Å². The Morgan fingerprint density at radius 1 is 0.939 bits per heavy atom. The Labute approximate surface area is 198 Å². The second-order valence-corrected chi connectivity index (χ2v) is 10.2. The first-order valence-electron chi connectivity index (χ1n) is 12.4. The van der Waals surface area contributed by atoms with Crippen LogP contribution in [0.3, 0.4) is 0 Å². The van der Waals surface area contributed by atoms with Crippen molar-refractivity contribution in [2.75, 3.05) is 26.2 Å². The minimum Gasteiger partial charge on any atom is -0.493 e. The van der Waals surface area contributed by atoms with Gasteiger partial charge in [0.05, 0.1) is 6.61 Å². The molecule has 33 heavy (non-hydrogen) atoms. The first-order chi connectivity index (χ1) is 16.0. The lowest BCUT2D eigenvalue weighted by Gasteiger charge is -2.48. The summed E-state index contributed by atoms with van der Waals surface area (Å²) < 4.78 is 6.23. The Hall–Kier alpha value is -2.62. The van der Waals surface area contributed by atoms with E-state index in [0.717, 1.165) is 44.8 Å². The summed E-state index contributed by atoms with van der Waals surface area (Å²) in [6.07, 6.45) is 3.48. The molecular weight excluding hydrogens is 404 g/mol. The maximum atomic E-state index is 6.23. The zero-order chi connectivity index (χ0) is 22.8. The minimum atomic E-state index is 0.371. The third kappa shape index (κ3) is 4.71. The maximum absolute atomic E-state index is 6.23. The van der Waals surface area contributed by atoms with E-state index in [4.69, 9.17) is 4.74 Å². The molecule has 3 heteroatoms. The lowest BCUT2D eigenvalue weighted by Crippen LogP contribution is -2.55. The van der Waals surface area contributed by atoms with Crippen LogP contribution in [0.15, 0.2) is 60.7 Å². The quantitative estimate of drug-likeness (QED) is 0.441. The minimum absolute atomic E-state index is 0.371. The van der Waals surface area contributed by atoms with Gasteiger partial charge in [-0.3, -0.25) is 4.90 Å². The summed E-state index contributed by atoms with van der Waals surface area (Å²) in [6.45, 7) is 12.0. The highest BCUT2D eigenvalue weighted by Crippen LogP contribution is 2.34. The van der Waals surface area contributed by atoms with Crippen molar-refractivity contribution in [2.24, 2.45) is 0 Å². The Balaban J connectivity index is 1.30. The molecule has 0 aromatic heterocycles. The van der Waals surface area contributed by atoms with Gasteiger partial charge in [0.15, 0.2) is 0 Å². The van der Waals surface area contributed by atoms with Gasteiger partial charge in [-0.25, -0.2) is 0 Å². The summed E-state index contributed by atoms with van der Waals surface area (Å²) in [5.74, 6) is 1.00. The van der Waals surface area contributed by atoms with Gasteiger partial charge in [-0.2, -0.15) is 0 Å². The van der Waals surface area contributed by atoms with E-state index in [1.54, 1.807) is 0 Å². The van der Waals surface area contributed by atoms with Crippen molar-refractivity contribution in [3.8, 4) is 28.0 Å². The summed E-state index contributed by atoms with van der Waals surface area (Å²) in [7, 11) is 0. The molecule has 172 valence electrons. The van der Waals surface area contributed by atoms with Crippen LogP contribution >= 0.6 is 0 Å². The van der Waals surface area contributed by atoms with Gasteiger partial charge in [-0.05, 0) is 97.7 Å². The molecule has 3 aromatic rings. The van der Waals surface area contributed by atoms with Gasteiger partial charge in [0.25, 0.3) is 0 Å². The summed E-state index contributed by atoms with van der Waals surface area (Å²) in [5.41, 5.74) is 9.57. The number of likely N-dealkylation sites (tertiary alicyclic amines) is 1. The van der Waals surface area contributed by atoms with Crippen LogP contribution in [0.25, 0.3) is 22.3 Å². The molecule has 3 aromatic carbocycles. The molecule has 0 radical (unpaired) electrons. The lowest BCUT2D eigenvalue weighted by molar-refractivity contribution is 0.0123. The molecule has 0 unspecified atom stereocenters. The molecule has 0 aliphatic carbocycles. The highest BCUT2D eigenvalue weighted by Gasteiger charge is 2.34. The fraction of sp³-hybridized carbons (Fsp3) is 0.400. The Kier molecular flexibility index (Phi) is 6.27. The molecular formula is C30H36N2O. The highest BCUT2D eigenvalue weighted by molar-refractivity contribution is 5.76. The van der Waals surface area contributed by atoms with Crippen molar-refractivity contribution in [3.63, 3.8) is 0 Å². The molecule has 0 atom stereocenters. The van der Waals surface area contributed by atoms with E-state index in [2.05, 4.69) is 91.7 Å². The van der Waals surface area contributed by atoms with Crippen LogP contribution in [0, 0.1) is 6.92 Å². The smallest absolute Gasteiger partial charge is 0.122 e. The highest BCUT2D eigenvalue weighted by atomic mass is 16.5. The second-order valence-electron chi connectivity index (χ2n) is 10.2. The predicted molar refractivity (Wildman–Crippen MR) is 138 cm³/mol. The number of rotatable bonds is 7. The van der Waals surface area contributed by atoms with E-state index in [0.29, 0.717) is 5.54 Å². The SMILES string of the molecule is Cc1c(OCCCN2CCC2(C)C)cccc1-c1cccc(-c2ccc3c(c2)CCNC3)c1. The topological polar surface area (TPSA) is 24.5 Å². The van der Waals surface area contributed by atoms with Crippen LogP contribution in [0.5, 0.6) is 5.75 Å². The number of nitrogens with zero attached hydrogens (tertiary/aromatic N) is 1. The first kappa shape index (κ1) is 22.2. The molecule has 2 aliphatic rings. The fourth-order valence-electron chi connectivity index (χ4n) is 5.18. The van der Waals surface area contributed by atoms with Crippen LogP contribution in [-0.4, -0.2) is 36.7 Å². The molecule has 0 bridgehead atoms. The van der Waals surface area contributed by atoms with Gasteiger partial charge < -0.3 is 10.1 Å². The molecule has 2 heterocycles. The first-order valence-corrected chi connectivity index (χ1v) is 12.4. The Morgan fingerprint density at radius 3 is 2.58 bits per heavy atom. The largest absolute Gasteiger partial charge is 0.493 e. The molecule has 1 fully saturated rings. The second kappa shape index (κ2) is 9.32. The fourth-order valence-corrected chi connectivity index (χ4v) is 5.18. The zero-order valence-electron chi connectivity index (χ0n) is 20.3. The summed E-state index contributed by atoms with van der Waals surface area (Å²) in [6, 6.07) is 22.3. The van der Waals surface area contributed by atoms with E-state index in [-0.39, 0.29) is 0 Å². The van der Waals surface area contributed by atoms with Crippen molar-refractivity contribution in [2.45, 2.75) is 52.1 Å². The zero-order valence-corrected chi connectivity index (χ0v) is 20.3. The van der Waals surface area contributed by atoms with E-state index >= 15 is 0 Å². The van der Waals surface area contributed by atoms with Gasteiger partial charge in [0.2, 0.25) is 0 Å². The number of nitrogens with one attached hydrogen (secondary N) is 1. The summed E-state index contributed by atoms with van der Waals surface area (Å²) in [5, 5.41) is 3.46. The normalized spacial score (nSPS) is 17.3. The molecule has 0 saturated carbocycles. The van der Waals surface area contributed by atoms with Crippen molar-refractivity contribution in [3.05, 3.63) is 77.4 Å². The number of ether oxygens (including phenoxy) is 1. The van der Waals surface area contributed by atoms with Gasteiger partial charge in [-0.1, -0.05) is 48.5 Å². The third-order valence-electron chi connectivity index (χ3n) is 7.56. The standard InChI is InChI=1S/C30H36N2O/c1-22-28(9-5-10-29(22)33-18-6-16-32-17-14-30(32,2)3)26-8-4-7-23(20-26)24-11-12-27-21-31-15-13-25(27)19-24/h4-5,7-12,19-20,31H,6,13-18,21H2,1-3H3. The molecule has 0 spiro atoms. The molecule has 1 saturated heterocycles. The third-order valence-corrected chi connectivity index (χ3v) is 7.56. The molecule has 2 aliphatic heterocycles. The number of hydrogen-bond acceptors (Lipinski definition) is 3. The van der Waals surface area contributed by atoms with Gasteiger partial charge in [0.1, 0.15) is 5.75 Å². The summed E-state index contributed by atoms with van der Waals surface area (Å²) >= 11 is 0. The number of fused-ring (bicyclic) bond motifs is 1. The number of benzene rings is 3. The monoisotopic (exact) mass is 440 g/mol. The van der Waals surface area contributed by atoms with E-state index in [9.17, 15) is 0 Å². The average molecular weight is 441 g/mol. The lowest BCUT2D eigenvalue weighted by atomic mass is 9.89. The van der Waals surface area contributed by atoms with Gasteiger partial charge in [-0.15, -0.1) is 0 Å². The molecule has 0 amide bonds. The Morgan fingerprint density at radius 2 is 1.76 bits per heavy atom. The molecule has 1 N–H and O–H groups in total. The van der Waals surface area contributed by atoms with Gasteiger partial charge in [0, 0.05) is 25.2 Å². The van der Waals surface area contributed by atoms with Crippen LogP contribution in [0.1, 0.15) is 43.4 Å². The van der Waals surface area contributed by atoms with Crippen LogP contribution < -0.4 is 10.1 Å². The maximum Gasteiger partial charge on any atom is 0.122 e. The van der Waals surface area contributed by atoms with Gasteiger partial charge >= 0.3 is 0 Å². The number of hydrogen-bond donors (Lipinski definition) is 1. The van der Waals surface area contributed by atoms with E-state index < -0.39 is 0 Å². The Bertz CT molecular complexity index is 1130. The predicted octanol–water partition coefficient (Wildman–Crippen LogP) is 6.23. The molecule has 5 rings (SSSR count). The van der Waals surface area contributed by atoms with Crippen LogP contribution in [0.2, 0.25) is 0 Å². The van der Waals surface area contributed by atoms with Crippen molar-refractivity contribution >= 4 is 0 Å². The summed E-state index contributed by atoms with van der Waals surface area (Å²) in [4.78, 5) is 2.56. The van der Waals surface area contributed by atoms with Crippen molar-refractivity contribution in [1.29, 1.82) is 0 Å². The molecule has 3 nitrogen and oxygen atoms in total. The average Bonchev–Trinajstić information content (AvgIpc) is 2.84. The van der Waals surface area contributed by atoms with Crippen LogP contribution in [0.4, 0.5) is 0 Å². The van der Waals surface area contributed by atoms with Crippen molar-refractivity contribution in [1.82, 2.24) is 10.2 Å². The van der Waals surface area contributed by atoms with E-state index in [1.807, 2.05) is 0 Å². The van der Waals surface area contributed by atoms with Crippen molar-refractivity contribution < 1.29 is 4.74 Å². The van der Waals surface area contributed by atoms with E-state index in [1.165, 1.54) is 51.9 Å².